The van der Waals surface area contributed by atoms with E-state index in [1.807, 2.05) is 57.2 Å². The minimum atomic E-state index is -0.503. The molecule has 1 saturated carbocycles. The number of esters is 1. The minimum Gasteiger partial charge on any atom is -0.457 e. The van der Waals surface area contributed by atoms with Crippen LogP contribution in [0.3, 0.4) is 0 Å². The first kappa shape index (κ1) is 19.7. The summed E-state index contributed by atoms with van der Waals surface area (Å²) in [5.74, 6) is -0.191. The smallest absolute Gasteiger partial charge is 0.331 e. The molecule has 5 heteroatoms. The zero-order valence-electron chi connectivity index (χ0n) is 16.4. The third kappa shape index (κ3) is 5.22. The van der Waals surface area contributed by atoms with Crippen molar-refractivity contribution in [2.24, 2.45) is 5.92 Å². The van der Waals surface area contributed by atoms with Gasteiger partial charge in [0.2, 0.25) is 5.91 Å². The van der Waals surface area contributed by atoms with Gasteiger partial charge in [0, 0.05) is 12.0 Å². The van der Waals surface area contributed by atoms with Crippen LogP contribution in [0, 0.1) is 5.92 Å². The van der Waals surface area contributed by atoms with Crippen LogP contribution in [0.5, 0.6) is 0 Å². The number of para-hydroxylation sites is 2. The molecule has 0 spiro atoms. The van der Waals surface area contributed by atoms with Crippen molar-refractivity contribution in [3.63, 3.8) is 0 Å². The van der Waals surface area contributed by atoms with Crippen molar-refractivity contribution in [1.29, 1.82) is 0 Å². The van der Waals surface area contributed by atoms with Crippen LogP contribution < -0.4 is 11.1 Å². The highest BCUT2D eigenvalue weighted by Gasteiger charge is 2.43. The standard InChI is InChI=1S/C23H26N2O3/c1-23(2,3)28-21(26)13-10-15-8-11-16(12-9-15)17-14-18(17)22(27)25-20-7-5-4-6-19(20)24/h4-13,17-18H,14,24H2,1-3H3,(H,25,27). The summed E-state index contributed by atoms with van der Waals surface area (Å²) >= 11 is 0. The molecule has 0 heterocycles. The van der Waals surface area contributed by atoms with Crippen LogP contribution in [0.4, 0.5) is 11.4 Å². The summed E-state index contributed by atoms with van der Waals surface area (Å²) < 4.78 is 5.25. The number of ether oxygens (including phenoxy) is 1. The van der Waals surface area contributed by atoms with Crippen molar-refractivity contribution in [3.05, 3.63) is 65.7 Å². The van der Waals surface area contributed by atoms with Gasteiger partial charge >= 0.3 is 5.97 Å². The third-order valence-corrected chi connectivity index (χ3v) is 4.53. The largest absolute Gasteiger partial charge is 0.457 e. The van der Waals surface area contributed by atoms with Crippen LogP contribution in [-0.2, 0) is 14.3 Å². The minimum absolute atomic E-state index is 0.00296. The highest BCUT2D eigenvalue weighted by molar-refractivity contribution is 5.97. The number of hydrogen-bond acceptors (Lipinski definition) is 4. The summed E-state index contributed by atoms with van der Waals surface area (Å²) in [4.78, 5) is 24.2. The fourth-order valence-corrected chi connectivity index (χ4v) is 3.04. The number of nitrogens with two attached hydrogens (primary N) is 1. The molecule has 0 aromatic heterocycles. The second kappa shape index (κ2) is 7.89. The molecule has 1 amide bonds. The summed E-state index contributed by atoms with van der Waals surface area (Å²) in [6, 6.07) is 15.1. The first-order chi connectivity index (χ1) is 13.2. The molecule has 5 nitrogen and oxygen atoms in total. The number of anilines is 2. The zero-order chi connectivity index (χ0) is 20.3. The van der Waals surface area contributed by atoms with E-state index in [-0.39, 0.29) is 23.7 Å². The Hall–Kier alpha value is -3.08. The molecule has 2 unspecified atom stereocenters. The molecule has 146 valence electrons. The van der Waals surface area contributed by atoms with Gasteiger partial charge in [0.15, 0.2) is 0 Å². The number of nitrogens with one attached hydrogen (secondary N) is 1. The first-order valence-electron chi connectivity index (χ1n) is 9.39. The predicted molar refractivity (Wildman–Crippen MR) is 112 cm³/mol. The molecule has 1 fully saturated rings. The monoisotopic (exact) mass is 378 g/mol. The van der Waals surface area contributed by atoms with Gasteiger partial charge in [0.05, 0.1) is 11.4 Å². The van der Waals surface area contributed by atoms with Crippen molar-refractivity contribution in [1.82, 2.24) is 0 Å². The average molecular weight is 378 g/mol. The van der Waals surface area contributed by atoms with E-state index in [1.165, 1.54) is 6.08 Å². The van der Waals surface area contributed by atoms with Crippen molar-refractivity contribution < 1.29 is 14.3 Å². The second-order valence-corrected chi connectivity index (χ2v) is 8.06. The lowest BCUT2D eigenvalue weighted by molar-refractivity contribution is -0.148. The van der Waals surface area contributed by atoms with Crippen LogP contribution >= 0.6 is 0 Å². The van der Waals surface area contributed by atoms with Gasteiger partial charge in [-0.15, -0.1) is 0 Å². The number of carbonyl (C=O) groups is 2. The summed E-state index contributed by atoms with van der Waals surface area (Å²) in [5, 5.41) is 2.91. The molecule has 3 N–H and O–H groups in total. The van der Waals surface area contributed by atoms with Crippen LogP contribution in [0.25, 0.3) is 6.08 Å². The van der Waals surface area contributed by atoms with E-state index in [2.05, 4.69) is 5.32 Å². The summed E-state index contributed by atoms with van der Waals surface area (Å²) in [6.07, 6.45) is 3.98. The summed E-state index contributed by atoms with van der Waals surface area (Å²) in [5.41, 5.74) is 8.63. The number of nitrogen functional groups attached to an aromatic ring is 1. The second-order valence-electron chi connectivity index (χ2n) is 8.06. The maximum atomic E-state index is 12.4. The molecule has 3 rings (SSSR count). The van der Waals surface area contributed by atoms with E-state index < -0.39 is 5.60 Å². The number of hydrogen-bond donors (Lipinski definition) is 2. The molecule has 28 heavy (non-hydrogen) atoms. The van der Waals surface area contributed by atoms with Crippen molar-refractivity contribution >= 4 is 29.3 Å². The molecular formula is C23H26N2O3. The Morgan fingerprint density at radius 2 is 1.79 bits per heavy atom. The Morgan fingerprint density at radius 3 is 2.43 bits per heavy atom. The number of rotatable bonds is 5. The summed E-state index contributed by atoms with van der Waals surface area (Å²) in [7, 11) is 0. The topological polar surface area (TPSA) is 81.4 Å². The third-order valence-electron chi connectivity index (χ3n) is 4.53. The lowest BCUT2D eigenvalue weighted by Gasteiger charge is -2.17. The molecule has 1 aliphatic rings. The van der Waals surface area contributed by atoms with Gasteiger partial charge in [-0.05, 0) is 62.4 Å². The van der Waals surface area contributed by atoms with Crippen LogP contribution in [0.15, 0.2) is 54.6 Å². The van der Waals surface area contributed by atoms with E-state index in [4.69, 9.17) is 10.5 Å². The van der Waals surface area contributed by atoms with Crippen molar-refractivity contribution in [2.75, 3.05) is 11.1 Å². The normalized spacial score (nSPS) is 18.7. The maximum Gasteiger partial charge on any atom is 0.331 e. The SMILES string of the molecule is CC(C)(C)OC(=O)C=Cc1ccc(C2CC2C(=O)Nc2ccccc2N)cc1. The van der Waals surface area contributed by atoms with Crippen molar-refractivity contribution in [2.45, 2.75) is 38.7 Å². The Labute approximate surface area is 165 Å². The van der Waals surface area contributed by atoms with Crippen LogP contribution in [0.1, 0.15) is 44.2 Å². The van der Waals surface area contributed by atoms with E-state index in [9.17, 15) is 9.59 Å². The lowest BCUT2D eigenvalue weighted by Crippen LogP contribution is -2.22. The molecule has 0 saturated heterocycles. The van der Waals surface area contributed by atoms with Gasteiger partial charge in [0.1, 0.15) is 5.60 Å². The van der Waals surface area contributed by atoms with Crippen molar-refractivity contribution in [3.8, 4) is 0 Å². The molecular weight excluding hydrogens is 352 g/mol. The average Bonchev–Trinajstić information content (AvgIpc) is 3.42. The van der Waals surface area contributed by atoms with Gasteiger partial charge < -0.3 is 15.8 Å². The van der Waals surface area contributed by atoms with Gasteiger partial charge in [0.25, 0.3) is 0 Å². The molecule has 2 atom stereocenters. The zero-order valence-corrected chi connectivity index (χ0v) is 16.4. The summed E-state index contributed by atoms with van der Waals surface area (Å²) in [6.45, 7) is 5.51. The predicted octanol–water partition coefficient (Wildman–Crippen LogP) is 4.37. The molecule has 0 radical (unpaired) electrons. The number of amides is 1. The quantitative estimate of drug-likeness (QED) is 0.460. The highest BCUT2D eigenvalue weighted by atomic mass is 16.6. The molecule has 0 bridgehead atoms. The fraction of sp³-hybridized carbons (Fsp3) is 0.304. The molecule has 1 aliphatic carbocycles. The Bertz CT molecular complexity index is 895. The van der Waals surface area contributed by atoms with Gasteiger partial charge in [-0.1, -0.05) is 36.4 Å². The molecule has 2 aromatic rings. The Kier molecular flexibility index (Phi) is 5.54. The van der Waals surface area contributed by atoms with Gasteiger partial charge in [-0.3, -0.25) is 4.79 Å². The van der Waals surface area contributed by atoms with E-state index in [0.717, 1.165) is 17.5 Å². The van der Waals surface area contributed by atoms with E-state index in [1.54, 1.807) is 18.2 Å². The Balaban J connectivity index is 1.56. The number of carbonyl (C=O) groups excluding carboxylic acids is 2. The highest BCUT2D eigenvalue weighted by Crippen LogP contribution is 2.48. The maximum absolute atomic E-state index is 12.4. The number of benzene rings is 2. The molecule has 0 aliphatic heterocycles. The fourth-order valence-electron chi connectivity index (χ4n) is 3.04. The van der Waals surface area contributed by atoms with Crippen LogP contribution in [-0.4, -0.2) is 17.5 Å². The van der Waals surface area contributed by atoms with Gasteiger partial charge in [-0.2, -0.15) is 0 Å². The van der Waals surface area contributed by atoms with E-state index in [0.29, 0.717) is 11.4 Å². The first-order valence-corrected chi connectivity index (χ1v) is 9.39. The Morgan fingerprint density at radius 1 is 1.11 bits per heavy atom. The van der Waals surface area contributed by atoms with E-state index >= 15 is 0 Å². The molecule has 2 aromatic carbocycles. The van der Waals surface area contributed by atoms with Gasteiger partial charge in [-0.25, -0.2) is 4.79 Å². The lowest BCUT2D eigenvalue weighted by atomic mass is 10.1. The van der Waals surface area contributed by atoms with Crippen LogP contribution in [0.2, 0.25) is 0 Å².